The zero-order chi connectivity index (χ0) is 19.2. The summed E-state index contributed by atoms with van der Waals surface area (Å²) < 4.78 is 0. The Bertz CT molecular complexity index is 603. The van der Waals surface area contributed by atoms with Crippen LogP contribution in [0.4, 0.5) is 0 Å². The van der Waals surface area contributed by atoms with Gasteiger partial charge in [-0.3, -0.25) is 19.5 Å². The Morgan fingerprint density at radius 3 is 2.63 bits per heavy atom. The highest BCUT2D eigenvalue weighted by atomic mass is 32.2. The van der Waals surface area contributed by atoms with Crippen LogP contribution in [0.5, 0.6) is 0 Å². The van der Waals surface area contributed by atoms with Crippen LogP contribution in [0.2, 0.25) is 0 Å². The maximum Gasteiger partial charge on any atom is 0.233 e. The number of rotatable bonds is 10. The Morgan fingerprint density at radius 2 is 2.00 bits per heavy atom. The van der Waals surface area contributed by atoms with Crippen molar-refractivity contribution in [3.05, 3.63) is 24.8 Å². The minimum Gasteiger partial charge on any atom is -0.357 e. The summed E-state index contributed by atoms with van der Waals surface area (Å²) in [5, 5.41) is 6.53. The minimum absolute atomic E-state index is 0.0371. The van der Waals surface area contributed by atoms with Gasteiger partial charge in [-0.1, -0.05) is 18.2 Å². The smallest absolute Gasteiger partial charge is 0.233 e. The summed E-state index contributed by atoms with van der Waals surface area (Å²) in [6.45, 7) is 8.45. The Hall–Kier alpha value is -1.76. The van der Waals surface area contributed by atoms with E-state index >= 15 is 0 Å². The predicted molar refractivity (Wildman–Crippen MR) is 111 cm³/mol. The summed E-state index contributed by atoms with van der Waals surface area (Å²) in [6.07, 6.45) is 7.84. The number of nitrogens with one attached hydrogen (secondary N) is 2. The van der Waals surface area contributed by atoms with Crippen LogP contribution in [0, 0.1) is 23.7 Å². The van der Waals surface area contributed by atoms with Crippen LogP contribution >= 0.6 is 11.8 Å². The van der Waals surface area contributed by atoms with Crippen molar-refractivity contribution in [1.29, 1.82) is 0 Å². The first-order valence-electron chi connectivity index (χ1n) is 9.91. The molecule has 6 nitrogen and oxygen atoms in total. The number of hydrogen-bond acceptors (Lipinski definition) is 4. The molecule has 2 bridgehead atoms. The average Bonchev–Trinajstić information content (AvgIpc) is 3.34. The SMILES string of the molecule is C=CCSCCNC(=NCCCN1C(=O)C2C3C=CC(C3)C2C1=O)NCC. The van der Waals surface area contributed by atoms with Gasteiger partial charge in [-0.05, 0) is 31.6 Å². The number of nitrogens with zero attached hydrogens (tertiary/aromatic N) is 2. The van der Waals surface area contributed by atoms with Gasteiger partial charge in [0.2, 0.25) is 11.8 Å². The van der Waals surface area contributed by atoms with E-state index in [2.05, 4.69) is 34.4 Å². The molecule has 1 saturated carbocycles. The lowest BCUT2D eigenvalue weighted by molar-refractivity contribution is -0.140. The summed E-state index contributed by atoms with van der Waals surface area (Å²) in [6, 6.07) is 0. The van der Waals surface area contributed by atoms with Crippen LogP contribution in [0.1, 0.15) is 19.8 Å². The van der Waals surface area contributed by atoms with Gasteiger partial charge in [-0.2, -0.15) is 11.8 Å². The van der Waals surface area contributed by atoms with Gasteiger partial charge in [-0.25, -0.2) is 0 Å². The van der Waals surface area contributed by atoms with Gasteiger partial charge >= 0.3 is 0 Å². The summed E-state index contributed by atoms with van der Waals surface area (Å²) in [5.41, 5.74) is 0. The molecule has 2 amide bonds. The molecule has 3 aliphatic rings. The normalized spacial score (nSPS) is 28.8. The lowest BCUT2D eigenvalue weighted by Gasteiger charge is -2.17. The number of hydrogen-bond donors (Lipinski definition) is 2. The fourth-order valence-electron chi connectivity index (χ4n) is 4.35. The number of fused-ring (bicyclic) bond motifs is 5. The van der Waals surface area contributed by atoms with Crippen LogP contribution in [-0.4, -0.2) is 60.4 Å². The molecule has 27 heavy (non-hydrogen) atoms. The first-order chi connectivity index (χ1) is 13.2. The zero-order valence-corrected chi connectivity index (χ0v) is 16.8. The van der Waals surface area contributed by atoms with Gasteiger partial charge in [0, 0.05) is 37.7 Å². The number of carbonyl (C=O) groups excluding carboxylic acids is 2. The molecule has 0 aromatic carbocycles. The van der Waals surface area contributed by atoms with Crippen molar-refractivity contribution in [1.82, 2.24) is 15.5 Å². The van der Waals surface area contributed by atoms with Gasteiger partial charge < -0.3 is 10.6 Å². The van der Waals surface area contributed by atoms with Crippen molar-refractivity contribution in [3.63, 3.8) is 0 Å². The molecular weight excluding hydrogens is 360 g/mol. The van der Waals surface area contributed by atoms with Crippen molar-refractivity contribution in [2.75, 3.05) is 37.7 Å². The topological polar surface area (TPSA) is 73.8 Å². The molecule has 2 aliphatic carbocycles. The standard InChI is InChI=1S/C20H30N4O2S/c1-3-11-27-12-9-23-20(21-4-2)22-8-5-10-24-18(25)16-14-6-7-15(13-14)17(16)19(24)26/h3,6-7,14-17H,1,4-5,8-13H2,2H3,(H2,21,22,23). The van der Waals surface area contributed by atoms with Gasteiger partial charge in [0.05, 0.1) is 11.8 Å². The Morgan fingerprint density at radius 1 is 1.30 bits per heavy atom. The number of imide groups is 1. The molecule has 7 heteroatoms. The highest BCUT2D eigenvalue weighted by Crippen LogP contribution is 2.52. The second-order valence-electron chi connectivity index (χ2n) is 7.23. The second kappa shape index (κ2) is 9.44. The quantitative estimate of drug-likeness (QED) is 0.195. The van der Waals surface area contributed by atoms with Crippen LogP contribution in [0.25, 0.3) is 0 Å². The van der Waals surface area contributed by atoms with E-state index < -0.39 is 0 Å². The molecule has 3 rings (SSSR count). The number of likely N-dealkylation sites (tertiary alicyclic amines) is 1. The molecular formula is C20H30N4O2S. The van der Waals surface area contributed by atoms with E-state index in [1.54, 1.807) is 0 Å². The van der Waals surface area contributed by atoms with Crippen LogP contribution in [-0.2, 0) is 9.59 Å². The Labute approximate surface area is 165 Å². The molecule has 2 N–H and O–H groups in total. The van der Waals surface area contributed by atoms with Crippen molar-refractivity contribution >= 4 is 29.5 Å². The van der Waals surface area contributed by atoms with Crippen LogP contribution in [0.3, 0.4) is 0 Å². The first kappa shape index (κ1) is 20.0. The molecule has 0 aromatic heterocycles. The van der Waals surface area contributed by atoms with E-state index in [-0.39, 0.29) is 35.5 Å². The number of guanidine groups is 1. The van der Waals surface area contributed by atoms with Gasteiger partial charge in [0.1, 0.15) is 0 Å². The van der Waals surface area contributed by atoms with E-state index in [1.807, 2.05) is 24.8 Å². The number of allylic oxidation sites excluding steroid dienone is 2. The Balaban J connectivity index is 1.43. The summed E-state index contributed by atoms with van der Waals surface area (Å²) >= 11 is 1.82. The van der Waals surface area contributed by atoms with Gasteiger partial charge in [-0.15, -0.1) is 6.58 Å². The van der Waals surface area contributed by atoms with Crippen molar-refractivity contribution < 1.29 is 9.59 Å². The molecule has 0 radical (unpaired) electrons. The minimum atomic E-state index is -0.0944. The molecule has 2 fully saturated rings. The van der Waals surface area contributed by atoms with E-state index in [1.165, 1.54) is 4.90 Å². The number of thioether (sulfide) groups is 1. The van der Waals surface area contributed by atoms with Crippen LogP contribution < -0.4 is 10.6 Å². The summed E-state index contributed by atoms with van der Waals surface area (Å²) in [5.74, 6) is 3.18. The number of amides is 2. The molecule has 4 atom stereocenters. The lowest BCUT2D eigenvalue weighted by Crippen LogP contribution is -2.38. The fraction of sp³-hybridized carbons (Fsp3) is 0.650. The summed E-state index contributed by atoms with van der Waals surface area (Å²) in [4.78, 5) is 31.3. The highest BCUT2D eigenvalue weighted by Gasteiger charge is 2.58. The third-order valence-corrected chi connectivity index (χ3v) is 6.45. The molecule has 1 saturated heterocycles. The van der Waals surface area contributed by atoms with E-state index in [0.29, 0.717) is 19.5 Å². The Kier molecular flexibility index (Phi) is 6.99. The monoisotopic (exact) mass is 390 g/mol. The van der Waals surface area contributed by atoms with E-state index in [4.69, 9.17) is 0 Å². The van der Waals surface area contributed by atoms with E-state index in [0.717, 1.165) is 37.0 Å². The van der Waals surface area contributed by atoms with E-state index in [9.17, 15) is 9.59 Å². The average molecular weight is 391 g/mol. The largest absolute Gasteiger partial charge is 0.357 e. The molecule has 1 aliphatic heterocycles. The van der Waals surface area contributed by atoms with Gasteiger partial charge in [0.25, 0.3) is 0 Å². The third-order valence-electron chi connectivity index (χ3n) is 5.49. The van der Waals surface area contributed by atoms with Crippen molar-refractivity contribution in [3.8, 4) is 0 Å². The maximum atomic E-state index is 12.6. The maximum absolute atomic E-state index is 12.6. The lowest BCUT2D eigenvalue weighted by atomic mass is 9.85. The predicted octanol–water partition coefficient (Wildman–Crippen LogP) is 1.66. The molecule has 0 spiro atoms. The number of carbonyl (C=O) groups is 2. The van der Waals surface area contributed by atoms with Crippen molar-refractivity contribution in [2.45, 2.75) is 19.8 Å². The molecule has 4 unspecified atom stereocenters. The van der Waals surface area contributed by atoms with Crippen molar-refractivity contribution in [2.24, 2.45) is 28.7 Å². The zero-order valence-electron chi connectivity index (χ0n) is 16.0. The summed E-state index contributed by atoms with van der Waals surface area (Å²) in [7, 11) is 0. The number of aliphatic imine (C=N–C) groups is 1. The molecule has 1 heterocycles. The van der Waals surface area contributed by atoms with Gasteiger partial charge in [0.15, 0.2) is 5.96 Å². The molecule has 0 aromatic rings. The van der Waals surface area contributed by atoms with Crippen LogP contribution in [0.15, 0.2) is 29.8 Å². The third kappa shape index (κ3) is 4.39. The first-order valence-corrected chi connectivity index (χ1v) is 11.1. The second-order valence-corrected chi connectivity index (χ2v) is 8.38. The molecule has 148 valence electrons. The highest BCUT2D eigenvalue weighted by molar-refractivity contribution is 7.99. The fourth-order valence-corrected chi connectivity index (χ4v) is 4.93.